The van der Waals surface area contributed by atoms with Gasteiger partial charge in [-0.05, 0) is 55.0 Å². The molecule has 0 radical (unpaired) electrons. The van der Waals surface area contributed by atoms with Crippen molar-refractivity contribution in [3.63, 3.8) is 0 Å². The number of hydrogen-bond donors (Lipinski definition) is 2. The Bertz CT molecular complexity index is 309. The summed E-state index contributed by atoms with van der Waals surface area (Å²) in [5.41, 5.74) is 8.29. The molecule has 0 fully saturated rings. The zero-order valence-corrected chi connectivity index (χ0v) is 7.66. The number of benzene rings is 1. The molecule has 1 aromatic carbocycles. The van der Waals surface area contributed by atoms with Gasteiger partial charge in [0.25, 0.3) is 0 Å². The monoisotopic (exact) mass is 177 g/mol. The highest BCUT2D eigenvalue weighted by Crippen LogP contribution is 2.27. The normalized spacial score (nSPS) is 21.2. The van der Waals surface area contributed by atoms with Crippen molar-refractivity contribution in [3.8, 4) is 5.75 Å². The first-order chi connectivity index (χ1) is 6.29. The van der Waals surface area contributed by atoms with Crippen LogP contribution in [0.25, 0.3) is 0 Å². The van der Waals surface area contributed by atoms with E-state index in [2.05, 4.69) is 0 Å². The Morgan fingerprint density at radius 2 is 2.23 bits per heavy atom. The highest BCUT2D eigenvalue weighted by atomic mass is 16.3. The number of fused-ring (bicyclic) bond motifs is 1. The van der Waals surface area contributed by atoms with Crippen molar-refractivity contribution in [2.45, 2.75) is 19.3 Å². The molecule has 1 atom stereocenters. The molecule has 2 nitrogen and oxygen atoms in total. The van der Waals surface area contributed by atoms with E-state index in [4.69, 9.17) is 5.73 Å². The maximum Gasteiger partial charge on any atom is 0.115 e. The molecular weight excluding hydrogens is 162 g/mol. The van der Waals surface area contributed by atoms with Gasteiger partial charge in [0.1, 0.15) is 5.75 Å². The van der Waals surface area contributed by atoms with E-state index in [1.807, 2.05) is 12.1 Å². The second-order valence-electron chi connectivity index (χ2n) is 3.80. The topological polar surface area (TPSA) is 46.2 Å². The fourth-order valence-corrected chi connectivity index (χ4v) is 2.02. The van der Waals surface area contributed by atoms with E-state index in [9.17, 15) is 5.11 Å². The minimum absolute atomic E-state index is 0.372. The van der Waals surface area contributed by atoms with E-state index in [1.54, 1.807) is 6.07 Å². The minimum Gasteiger partial charge on any atom is -0.508 e. The van der Waals surface area contributed by atoms with Crippen molar-refractivity contribution in [3.05, 3.63) is 29.3 Å². The first-order valence-electron chi connectivity index (χ1n) is 4.80. The molecule has 3 N–H and O–H groups in total. The van der Waals surface area contributed by atoms with E-state index in [0.29, 0.717) is 11.7 Å². The lowest BCUT2D eigenvalue weighted by Crippen LogP contribution is -2.21. The summed E-state index contributed by atoms with van der Waals surface area (Å²) in [7, 11) is 0. The molecule has 0 saturated carbocycles. The van der Waals surface area contributed by atoms with Gasteiger partial charge in [-0.3, -0.25) is 0 Å². The molecule has 13 heavy (non-hydrogen) atoms. The highest BCUT2D eigenvalue weighted by Gasteiger charge is 2.17. The predicted molar refractivity (Wildman–Crippen MR) is 52.7 cm³/mol. The Morgan fingerprint density at radius 1 is 1.38 bits per heavy atom. The Kier molecular flexibility index (Phi) is 2.23. The fraction of sp³-hybridized carbons (Fsp3) is 0.455. The van der Waals surface area contributed by atoms with Crippen LogP contribution in [0.4, 0.5) is 0 Å². The molecule has 0 aromatic heterocycles. The largest absolute Gasteiger partial charge is 0.508 e. The lowest BCUT2D eigenvalue weighted by Gasteiger charge is -2.23. The molecule has 70 valence electrons. The van der Waals surface area contributed by atoms with Crippen molar-refractivity contribution >= 4 is 0 Å². The molecule has 0 aliphatic heterocycles. The summed E-state index contributed by atoms with van der Waals surface area (Å²) in [6.07, 6.45) is 3.33. The van der Waals surface area contributed by atoms with Gasteiger partial charge in [-0.1, -0.05) is 6.07 Å². The van der Waals surface area contributed by atoms with Gasteiger partial charge in [0, 0.05) is 0 Å². The van der Waals surface area contributed by atoms with Crippen LogP contribution in [0, 0.1) is 5.92 Å². The molecule has 0 bridgehead atoms. The minimum atomic E-state index is 0.372. The Balaban J connectivity index is 2.27. The second-order valence-corrected chi connectivity index (χ2v) is 3.80. The van der Waals surface area contributed by atoms with Crippen LogP contribution in [-0.4, -0.2) is 11.7 Å². The third-order valence-electron chi connectivity index (χ3n) is 2.85. The standard InChI is InChI=1S/C11H15NO/c12-7-8-1-2-9-3-4-11(13)6-10(9)5-8/h3-4,6,8,13H,1-2,5,7,12H2/t8-/m1/s1. The summed E-state index contributed by atoms with van der Waals surface area (Å²) >= 11 is 0. The lowest BCUT2D eigenvalue weighted by molar-refractivity contribution is 0.455. The zero-order chi connectivity index (χ0) is 9.26. The quantitative estimate of drug-likeness (QED) is 0.682. The summed E-state index contributed by atoms with van der Waals surface area (Å²) in [6.45, 7) is 0.759. The van der Waals surface area contributed by atoms with Crippen molar-refractivity contribution in [2.75, 3.05) is 6.54 Å². The Labute approximate surface area is 78.4 Å². The number of nitrogens with two attached hydrogens (primary N) is 1. The van der Waals surface area contributed by atoms with Crippen LogP contribution in [0.2, 0.25) is 0 Å². The average molecular weight is 177 g/mol. The first kappa shape index (κ1) is 8.57. The van der Waals surface area contributed by atoms with E-state index in [-0.39, 0.29) is 0 Å². The zero-order valence-electron chi connectivity index (χ0n) is 7.66. The summed E-state index contributed by atoms with van der Waals surface area (Å²) in [4.78, 5) is 0. The summed E-state index contributed by atoms with van der Waals surface area (Å²) in [5, 5.41) is 9.32. The molecule has 0 heterocycles. The van der Waals surface area contributed by atoms with Crippen LogP contribution in [0.1, 0.15) is 17.5 Å². The van der Waals surface area contributed by atoms with E-state index in [1.165, 1.54) is 17.5 Å². The van der Waals surface area contributed by atoms with Gasteiger partial charge < -0.3 is 10.8 Å². The van der Waals surface area contributed by atoms with Gasteiger partial charge >= 0.3 is 0 Å². The molecular formula is C11H15NO. The van der Waals surface area contributed by atoms with Crippen LogP contribution in [-0.2, 0) is 12.8 Å². The molecule has 2 heteroatoms. The summed E-state index contributed by atoms with van der Waals surface area (Å²) < 4.78 is 0. The molecule has 0 amide bonds. The van der Waals surface area contributed by atoms with E-state index < -0.39 is 0 Å². The van der Waals surface area contributed by atoms with E-state index >= 15 is 0 Å². The molecule has 0 spiro atoms. The van der Waals surface area contributed by atoms with Crippen molar-refractivity contribution < 1.29 is 5.11 Å². The third-order valence-corrected chi connectivity index (χ3v) is 2.85. The number of rotatable bonds is 1. The molecule has 2 rings (SSSR count). The van der Waals surface area contributed by atoms with Crippen molar-refractivity contribution in [1.29, 1.82) is 0 Å². The number of aryl methyl sites for hydroxylation is 1. The maximum absolute atomic E-state index is 9.32. The number of aromatic hydroxyl groups is 1. The predicted octanol–water partition coefficient (Wildman–Crippen LogP) is 1.46. The van der Waals surface area contributed by atoms with Gasteiger partial charge in [0.2, 0.25) is 0 Å². The van der Waals surface area contributed by atoms with Crippen LogP contribution in [0.15, 0.2) is 18.2 Å². The van der Waals surface area contributed by atoms with E-state index in [0.717, 1.165) is 19.4 Å². The number of phenols is 1. The number of hydrogen-bond acceptors (Lipinski definition) is 2. The molecule has 1 aliphatic rings. The molecule has 1 aliphatic carbocycles. The third kappa shape index (κ3) is 1.68. The summed E-state index contributed by atoms with van der Waals surface area (Å²) in [5.74, 6) is 0.978. The molecule has 0 unspecified atom stereocenters. The molecule has 1 aromatic rings. The van der Waals surface area contributed by atoms with Crippen LogP contribution in [0.3, 0.4) is 0 Å². The second kappa shape index (κ2) is 3.38. The fourth-order valence-electron chi connectivity index (χ4n) is 2.02. The van der Waals surface area contributed by atoms with Crippen LogP contribution >= 0.6 is 0 Å². The smallest absolute Gasteiger partial charge is 0.115 e. The van der Waals surface area contributed by atoms with Crippen molar-refractivity contribution in [1.82, 2.24) is 0 Å². The van der Waals surface area contributed by atoms with Gasteiger partial charge in [-0.15, -0.1) is 0 Å². The van der Waals surface area contributed by atoms with Gasteiger partial charge in [-0.25, -0.2) is 0 Å². The van der Waals surface area contributed by atoms with Crippen LogP contribution < -0.4 is 5.73 Å². The van der Waals surface area contributed by atoms with Gasteiger partial charge in [-0.2, -0.15) is 0 Å². The van der Waals surface area contributed by atoms with Crippen LogP contribution in [0.5, 0.6) is 5.75 Å². The van der Waals surface area contributed by atoms with Gasteiger partial charge in [0.15, 0.2) is 0 Å². The number of phenolic OH excluding ortho intramolecular Hbond substituents is 1. The maximum atomic E-state index is 9.32. The average Bonchev–Trinajstić information content (AvgIpc) is 2.16. The molecule has 0 saturated heterocycles. The first-order valence-corrected chi connectivity index (χ1v) is 4.80. The lowest BCUT2D eigenvalue weighted by atomic mass is 9.84. The van der Waals surface area contributed by atoms with Crippen molar-refractivity contribution in [2.24, 2.45) is 11.7 Å². The Morgan fingerprint density at radius 3 is 3.00 bits per heavy atom. The SMILES string of the molecule is NC[C@@H]1CCc2ccc(O)cc2C1. The highest BCUT2D eigenvalue weighted by molar-refractivity contribution is 5.36. The summed E-state index contributed by atoms with van der Waals surface area (Å²) in [6, 6.07) is 5.66. The Hall–Kier alpha value is -1.02. The van der Waals surface area contributed by atoms with Gasteiger partial charge in [0.05, 0.1) is 0 Å².